The van der Waals surface area contributed by atoms with E-state index in [0.29, 0.717) is 26.3 Å². The number of morpholine rings is 1. The number of nitrogens with zero attached hydrogens (tertiary/aromatic N) is 1. The molecule has 0 saturated carbocycles. The molecule has 0 amide bonds. The fourth-order valence-corrected chi connectivity index (χ4v) is 2.33. The first-order chi connectivity index (χ1) is 8.55. The Morgan fingerprint density at radius 2 is 1.83 bits per heavy atom. The zero-order chi connectivity index (χ0) is 13.2. The molecule has 1 unspecified atom stereocenters. The number of carboxylic acids is 1. The SMILES string of the molecule is Cc1ccc(C(C)(C(=O)O)N2CCOCC2)cc1. The molecule has 0 radical (unpaired) electrons. The van der Waals surface area contributed by atoms with E-state index in [1.54, 1.807) is 6.92 Å². The van der Waals surface area contributed by atoms with Crippen molar-refractivity contribution in [3.05, 3.63) is 35.4 Å². The normalized spacial score (nSPS) is 20.3. The lowest BCUT2D eigenvalue weighted by Crippen LogP contribution is -2.54. The summed E-state index contributed by atoms with van der Waals surface area (Å²) in [6, 6.07) is 7.71. The second kappa shape index (κ2) is 5.08. The van der Waals surface area contributed by atoms with Crippen molar-refractivity contribution >= 4 is 5.97 Å². The van der Waals surface area contributed by atoms with Crippen LogP contribution in [0.5, 0.6) is 0 Å². The maximum atomic E-state index is 11.7. The highest BCUT2D eigenvalue weighted by Gasteiger charge is 2.41. The maximum Gasteiger partial charge on any atom is 0.328 e. The van der Waals surface area contributed by atoms with Crippen molar-refractivity contribution in [2.75, 3.05) is 26.3 Å². The number of carboxylic acid groups (broad SMARTS) is 1. The van der Waals surface area contributed by atoms with Gasteiger partial charge in [-0.2, -0.15) is 0 Å². The third-order valence-corrected chi connectivity index (χ3v) is 3.67. The predicted molar refractivity (Wildman–Crippen MR) is 68.6 cm³/mol. The van der Waals surface area contributed by atoms with E-state index in [1.165, 1.54) is 0 Å². The standard InChI is InChI=1S/C14H19NO3/c1-11-3-5-12(6-4-11)14(2,13(16)17)15-7-9-18-10-8-15/h3-6H,7-10H2,1-2H3,(H,16,17). The van der Waals surface area contributed by atoms with E-state index >= 15 is 0 Å². The van der Waals surface area contributed by atoms with Crippen LogP contribution in [0.3, 0.4) is 0 Å². The molecule has 98 valence electrons. The number of hydrogen-bond acceptors (Lipinski definition) is 3. The van der Waals surface area contributed by atoms with Crippen molar-refractivity contribution in [3.63, 3.8) is 0 Å². The molecule has 1 aromatic carbocycles. The van der Waals surface area contributed by atoms with Crippen LogP contribution in [0.2, 0.25) is 0 Å². The van der Waals surface area contributed by atoms with Gasteiger partial charge in [0.15, 0.2) is 0 Å². The lowest BCUT2D eigenvalue weighted by Gasteiger charge is -2.40. The molecule has 1 aromatic rings. The topological polar surface area (TPSA) is 49.8 Å². The molecule has 1 heterocycles. The van der Waals surface area contributed by atoms with Crippen molar-refractivity contribution < 1.29 is 14.6 Å². The van der Waals surface area contributed by atoms with E-state index < -0.39 is 11.5 Å². The second-order valence-electron chi connectivity index (χ2n) is 4.84. The van der Waals surface area contributed by atoms with Gasteiger partial charge in [-0.05, 0) is 19.4 Å². The third-order valence-electron chi connectivity index (χ3n) is 3.67. The summed E-state index contributed by atoms with van der Waals surface area (Å²) in [5.74, 6) is -0.812. The summed E-state index contributed by atoms with van der Waals surface area (Å²) in [5, 5.41) is 9.63. The molecule has 18 heavy (non-hydrogen) atoms. The number of carbonyl (C=O) groups is 1. The van der Waals surface area contributed by atoms with Crippen molar-refractivity contribution in [3.8, 4) is 0 Å². The molecule has 1 aliphatic heterocycles. The van der Waals surface area contributed by atoms with Gasteiger partial charge >= 0.3 is 5.97 Å². The summed E-state index contributed by atoms with van der Waals surface area (Å²) < 4.78 is 5.29. The molecule has 2 rings (SSSR count). The summed E-state index contributed by atoms with van der Waals surface area (Å²) >= 11 is 0. The van der Waals surface area contributed by atoms with Crippen LogP contribution < -0.4 is 0 Å². The van der Waals surface area contributed by atoms with Crippen molar-refractivity contribution in [1.82, 2.24) is 4.90 Å². The Kier molecular flexibility index (Phi) is 3.68. The van der Waals surface area contributed by atoms with Crippen molar-refractivity contribution in [2.45, 2.75) is 19.4 Å². The average Bonchev–Trinajstić information content (AvgIpc) is 2.39. The predicted octanol–water partition coefficient (Wildman–Crippen LogP) is 1.63. The van der Waals surface area contributed by atoms with E-state index in [9.17, 15) is 9.90 Å². The van der Waals surface area contributed by atoms with Crippen LogP contribution in [0, 0.1) is 6.92 Å². The number of ether oxygens (including phenoxy) is 1. The molecule has 0 bridgehead atoms. The highest BCUT2D eigenvalue weighted by atomic mass is 16.5. The highest BCUT2D eigenvalue weighted by Crippen LogP contribution is 2.29. The van der Waals surface area contributed by atoms with E-state index in [4.69, 9.17) is 4.74 Å². The van der Waals surface area contributed by atoms with Gasteiger partial charge in [0.25, 0.3) is 0 Å². The Labute approximate surface area is 107 Å². The van der Waals surface area contributed by atoms with Gasteiger partial charge in [0, 0.05) is 13.1 Å². The first-order valence-corrected chi connectivity index (χ1v) is 6.18. The van der Waals surface area contributed by atoms with Crippen LogP contribution in [-0.4, -0.2) is 42.3 Å². The molecule has 1 N–H and O–H groups in total. The summed E-state index contributed by atoms with van der Waals surface area (Å²) in [7, 11) is 0. The lowest BCUT2D eigenvalue weighted by molar-refractivity contribution is -0.154. The van der Waals surface area contributed by atoms with Crippen LogP contribution in [0.25, 0.3) is 0 Å². The third kappa shape index (κ3) is 2.26. The monoisotopic (exact) mass is 249 g/mol. The molecule has 1 aliphatic rings. The number of rotatable bonds is 3. The Balaban J connectivity index is 2.36. The van der Waals surface area contributed by atoms with Gasteiger partial charge in [-0.15, -0.1) is 0 Å². The molecule has 4 heteroatoms. The molecular formula is C14H19NO3. The van der Waals surface area contributed by atoms with Gasteiger partial charge in [0.05, 0.1) is 13.2 Å². The average molecular weight is 249 g/mol. The zero-order valence-corrected chi connectivity index (χ0v) is 10.8. The molecule has 1 saturated heterocycles. The number of aryl methyl sites for hydroxylation is 1. The Morgan fingerprint density at radius 1 is 1.28 bits per heavy atom. The largest absolute Gasteiger partial charge is 0.480 e. The Morgan fingerprint density at radius 3 is 2.33 bits per heavy atom. The molecule has 1 atom stereocenters. The molecular weight excluding hydrogens is 230 g/mol. The summed E-state index contributed by atoms with van der Waals surface area (Å²) in [4.78, 5) is 13.7. The molecule has 1 fully saturated rings. The lowest BCUT2D eigenvalue weighted by atomic mass is 9.89. The molecule has 0 aromatic heterocycles. The van der Waals surface area contributed by atoms with Gasteiger partial charge in [0.1, 0.15) is 5.54 Å². The fourth-order valence-electron chi connectivity index (χ4n) is 2.33. The zero-order valence-electron chi connectivity index (χ0n) is 10.8. The van der Waals surface area contributed by atoms with Crippen LogP contribution in [-0.2, 0) is 15.1 Å². The summed E-state index contributed by atoms with van der Waals surface area (Å²) in [6.07, 6.45) is 0. The van der Waals surface area contributed by atoms with E-state index in [-0.39, 0.29) is 0 Å². The first-order valence-electron chi connectivity index (χ1n) is 6.18. The van der Waals surface area contributed by atoms with Gasteiger partial charge < -0.3 is 9.84 Å². The van der Waals surface area contributed by atoms with E-state index in [1.807, 2.05) is 36.1 Å². The second-order valence-corrected chi connectivity index (χ2v) is 4.84. The smallest absolute Gasteiger partial charge is 0.328 e. The minimum atomic E-state index is -0.975. The molecule has 4 nitrogen and oxygen atoms in total. The molecule has 0 spiro atoms. The van der Waals surface area contributed by atoms with Gasteiger partial charge in [-0.1, -0.05) is 29.8 Å². The molecule has 0 aliphatic carbocycles. The minimum Gasteiger partial charge on any atom is -0.480 e. The summed E-state index contributed by atoms with van der Waals surface area (Å²) in [6.45, 7) is 6.25. The summed E-state index contributed by atoms with van der Waals surface area (Å²) in [5.41, 5.74) is 0.980. The van der Waals surface area contributed by atoms with Crippen LogP contribution >= 0.6 is 0 Å². The van der Waals surface area contributed by atoms with Gasteiger partial charge in [-0.3, -0.25) is 4.90 Å². The minimum absolute atomic E-state index is 0.592. The quantitative estimate of drug-likeness (QED) is 0.884. The van der Waals surface area contributed by atoms with Crippen molar-refractivity contribution in [1.29, 1.82) is 0 Å². The number of aliphatic carboxylic acids is 1. The van der Waals surface area contributed by atoms with Crippen LogP contribution in [0.4, 0.5) is 0 Å². The number of benzene rings is 1. The highest BCUT2D eigenvalue weighted by molar-refractivity contribution is 5.80. The fraction of sp³-hybridized carbons (Fsp3) is 0.500. The van der Waals surface area contributed by atoms with E-state index in [0.717, 1.165) is 11.1 Å². The van der Waals surface area contributed by atoms with Crippen LogP contribution in [0.1, 0.15) is 18.1 Å². The van der Waals surface area contributed by atoms with Crippen LogP contribution in [0.15, 0.2) is 24.3 Å². The number of hydrogen-bond donors (Lipinski definition) is 1. The Hall–Kier alpha value is -1.39. The van der Waals surface area contributed by atoms with Gasteiger partial charge in [0.2, 0.25) is 0 Å². The first kappa shape index (κ1) is 13.1. The van der Waals surface area contributed by atoms with Gasteiger partial charge in [-0.25, -0.2) is 4.79 Å². The van der Waals surface area contributed by atoms with Crippen molar-refractivity contribution in [2.24, 2.45) is 0 Å². The Bertz CT molecular complexity index is 423. The van der Waals surface area contributed by atoms with E-state index in [2.05, 4.69) is 0 Å². The maximum absolute atomic E-state index is 11.7.